The topological polar surface area (TPSA) is 66.8 Å². The predicted octanol–water partition coefficient (Wildman–Crippen LogP) is 2.46. The molecule has 114 valence electrons. The quantitative estimate of drug-likeness (QED) is 0.871. The molecule has 0 atom stereocenters. The normalized spacial score (nSPS) is 15.8. The Morgan fingerprint density at radius 2 is 2.05 bits per heavy atom. The molecular formula is C15H18ClNO4. The number of phenols is 1. The Bertz CT molecular complexity index is 538. The fourth-order valence-corrected chi connectivity index (χ4v) is 2.40. The molecule has 1 amide bonds. The summed E-state index contributed by atoms with van der Waals surface area (Å²) in [5, 5.41) is 9.91. The number of phenolic OH excluding ortho intramolecular Hbond substituents is 1. The molecule has 5 nitrogen and oxygen atoms in total. The first-order chi connectivity index (χ1) is 9.97. The number of rotatable bonds is 3. The van der Waals surface area contributed by atoms with Crippen LogP contribution in [0.15, 0.2) is 18.2 Å². The lowest BCUT2D eigenvalue weighted by atomic mass is 9.99. The van der Waals surface area contributed by atoms with Gasteiger partial charge in [-0.25, -0.2) is 4.79 Å². The van der Waals surface area contributed by atoms with Crippen molar-refractivity contribution in [1.29, 1.82) is 0 Å². The van der Waals surface area contributed by atoms with Crippen molar-refractivity contribution in [1.82, 2.24) is 4.90 Å². The highest BCUT2D eigenvalue weighted by atomic mass is 35.5. The van der Waals surface area contributed by atoms with Gasteiger partial charge >= 0.3 is 5.97 Å². The van der Waals surface area contributed by atoms with Gasteiger partial charge < -0.3 is 14.7 Å². The molecule has 1 heterocycles. The Morgan fingerprint density at radius 3 is 2.71 bits per heavy atom. The van der Waals surface area contributed by atoms with Crippen LogP contribution in [-0.2, 0) is 9.53 Å². The van der Waals surface area contributed by atoms with Gasteiger partial charge in [0.05, 0.1) is 0 Å². The Kier molecular flexibility index (Phi) is 5.07. The van der Waals surface area contributed by atoms with Crippen molar-refractivity contribution in [2.24, 2.45) is 5.92 Å². The van der Waals surface area contributed by atoms with Crippen LogP contribution in [0.5, 0.6) is 5.75 Å². The zero-order chi connectivity index (χ0) is 15.4. The highest BCUT2D eigenvalue weighted by molar-refractivity contribution is 6.31. The Hall–Kier alpha value is -1.75. The summed E-state index contributed by atoms with van der Waals surface area (Å²) in [6, 6.07) is 4.09. The summed E-state index contributed by atoms with van der Waals surface area (Å²) < 4.78 is 4.96. The molecule has 1 aromatic rings. The third-order valence-corrected chi connectivity index (χ3v) is 3.88. The van der Waals surface area contributed by atoms with Gasteiger partial charge in [-0.2, -0.15) is 0 Å². The second kappa shape index (κ2) is 6.80. The van der Waals surface area contributed by atoms with Crippen molar-refractivity contribution in [2.45, 2.75) is 19.8 Å². The molecule has 1 saturated heterocycles. The van der Waals surface area contributed by atoms with Crippen molar-refractivity contribution in [2.75, 3.05) is 19.7 Å². The Morgan fingerprint density at radius 1 is 1.38 bits per heavy atom. The van der Waals surface area contributed by atoms with E-state index in [0.717, 1.165) is 12.8 Å². The summed E-state index contributed by atoms with van der Waals surface area (Å²) in [5.41, 5.74) is -0.0393. The first kappa shape index (κ1) is 15.6. The van der Waals surface area contributed by atoms with Gasteiger partial charge in [0, 0.05) is 18.1 Å². The van der Waals surface area contributed by atoms with E-state index < -0.39 is 5.97 Å². The van der Waals surface area contributed by atoms with Crippen LogP contribution < -0.4 is 0 Å². The number of nitrogens with zero attached hydrogens (tertiary/aromatic N) is 1. The highest BCUT2D eigenvalue weighted by Gasteiger charge is 2.22. The lowest BCUT2D eigenvalue weighted by Crippen LogP contribution is -2.40. The van der Waals surface area contributed by atoms with E-state index in [-0.39, 0.29) is 23.8 Å². The van der Waals surface area contributed by atoms with Gasteiger partial charge in [-0.1, -0.05) is 18.5 Å². The van der Waals surface area contributed by atoms with E-state index in [1.165, 1.54) is 18.2 Å². The summed E-state index contributed by atoms with van der Waals surface area (Å²) in [4.78, 5) is 25.5. The molecule has 0 aromatic heterocycles. The van der Waals surface area contributed by atoms with E-state index >= 15 is 0 Å². The number of amides is 1. The van der Waals surface area contributed by atoms with E-state index in [2.05, 4.69) is 6.92 Å². The minimum Gasteiger partial charge on any atom is -0.507 e. The van der Waals surface area contributed by atoms with Gasteiger partial charge in [-0.3, -0.25) is 4.79 Å². The zero-order valence-electron chi connectivity index (χ0n) is 11.8. The molecule has 0 aliphatic carbocycles. The number of likely N-dealkylation sites (tertiary alicyclic amines) is 1. The Labute approximate surface area is 128 Å². The molecule has 0 radical (unpaired) electrons. The van der Waals surface area contributed by atoms with Crippen LogP contribution in [-0.4, -0.2) is 41.6 Å². The highest BCUT2D eigenvalue weighted by Crippen LogP contribution is 2.22. The molecule has 1 aromatic carbocycles. The van der Waals surface area contributed by atoms with Crippen LogP contribution in [0, 0.1) is 5.92 Å². The largest absolute Gasteiger partial charge is 0.507 e. The number of aromatic hydroxyl groups is 1. The number of piperidine rings is 1. The second-order valence-corrected chi connectivity index (χ2v) is 5.74. The summed E-state index contributed by atoms with van der Waals surface area (Å²) >= 11 is 5.76. The number of esters is 1. The van der Waals surface area contributed by atoms with Gasteiger partial charge in [0.1, 0.15) is 11.3 Å². The standard InChI is InChI=1S/C15H18ClNO4/c1-10-4-6-17(7-5-10)14(19)9-21-15(20)12-8-11(16)2-3-13(12)18/h2-3,8,10,18H,4-7,9H2,1H3. The molecule has 0 saturated carbocycles. The number of carbonyl (C=O) groups is 2. The van der Waals surface area contributed by atoms with Crippen molar-refractivity contribution in [3.8, 4) is 5.75 Å². The molecule has 1 N–H and O–H groups in total. The van der Waals surface area contributed by atoms with Crippen LogP contribution in [0.1, 0.15) is 30.1 Å². The van der Waals surface area contributed by atoms with Gasteiger partial charge in [0.2, 0.25) is 0 Å². The van der Waals surface area contributed by atoms with Gasteiger partial charge in [0.25, 0.3) is 5.91 Å². The maximum Gasteiger partial charge on any atom is 0.342 e. The van der Waals surface area contributed by atoms with E-state index in [1.54, 1.807) is 4.90 Å². The number of benzene rings is 1. The number of halogens is 1. The number of ether oxygens (including phenoxy) is 1. The minimum atomic E-state index is -0.756. The average molecular weight is 312 g/mol. The third kappa shape index (κ3) is 4.11. The first-order valence-electron chi connectivity index (χ1n) is 6.91. The number of carbonyl (C=O) groups excluding carboxylic acids is 2. The van der Waals surface area contributed by atoms with Gasteiger partial charge in [-0.05, 0) is 37.0 Å². The fourth-order valence-electron chi connectivity index (χ4n) is 2.23. The van der Waals surface area contributed by atoms with E-state index in [9.17, 15) is 14.7 Å². The lowest BCUT2D eigenvalue weighted by molar-refractivity contribution is -0.135. The molecule has 1 aliphatic heterocycles. The average Bonchev–Trinajstić information content (AvgIpc) is 2.47. The SMILES string of the molecule is CC1CCN(C(=O)COC(=O)c2cc(Cl)ccc2O)CC1. The summed E-state index contributed by atoms with van der Waals surface area (Å²) in [6.07, 6.45) is 1.93. The van der Waals surface area contributed by atoms with Crippen molar-refractivity contribution >= 4 is 23.5 Å². The third-order valence-electron chi connectivity index (χ3n) is 3.64. The minimum absolute atomic E-state index is 0.0393. The van der Waals surface area contributed by atoms with Crippen molar-refractivity contribution in [3.05, 3.63) is 28.8 Å². The maximum absolute atomic E-state index is 12.0. The maximum atomic E-state index is 12.0. The Balaban J connectivity index is 1.89. The van der Waals surface area contributed by atoms with Crippen molar-refractivity contribution in [3.63, 3.8) is 0 Å². The monoisotopic (exact) mass is 311 g/mol. The van der Waals surface area contributed by atoms with E-state index in [0.29, 0.717) is 24.0 Å². The summed E-state index contributed by atoms with van der Waals surface area (Å²) in [7, 11) is 0. The van der Waals surface area contributed by atoms with Crippen molar-refractivity contribution < 1.29 is 19.4 Å². The van der Waals surface area contributed by atoms with Crippen LogP contribution in [0.4, 0.5) is 0 Å². The van der Waals surface area contributed by atoms with Gasteiger partial charge in [0.15, 0.2) is 6.61 Å². The van der Waals surface area contributed by atoms with Crippen LogP contribution in [0.25, 0.3) is 0 Å². The lowest BCUT2D eigenvalue weighted by Gasteiger charge is -2.30. The first-order valence-corrected chi connectivity index (χ1v) is 7.28. The number of hydrogen-bond donors (Lipinski definition) is 1. The molecule has 6 heteroatoms. The second-order valence-electron chi connectivity index (χ2n) is 5.30. The molecule has 0 unspecified atom stereocenters. The smallest absolute Gasteiger partial charge is 0.342 e. The van der Waals surface area contributed by atoms with Crippen LogP contribution in [0.2, 0.25) is 5.02 Å². The molecule has 21 heavy (non-hydrogen) atoms. The molecule has 1 aliphatic rings. The van der Waals surface area contributed by atoms with E-state index in [1.807, 2.05) is 0 Å². The summed E-state index contributed by atoms with van der Waals surface area (Å²) in [6.45, 7) is 3.23. The molecule has 0 spiro atoms. The summed E-state index contributed by atoms with van der Waals surface area (Å²) in [5.74, 6) is -0.561. The van der Waals surface area contributed by atoms with E-state index in [4.69, 9.17) is 16.3 Å². The predicted molar refractivity (Wildman–Crippen MR) is 78.4 cm³/mol. The molecule has 0 bridgehead atoms. The van der Waals surface area contributed by atoms with Crippen LogP contribution >= 0.6 is 11.6 Å². The molecular weight excluding hydrogens is 294 g/mol. The van der Waals surface area contributed by atoms with Crippen LogP contribution in [0.3, 0.4) is 0 Å². The van der Waals surface area contributed by atoms with Gasteiger partial charge in [-0.15, -0.1) is 0 Å². The zero-order valence-corrected chi connectivity index (χ0v) is 12.6. The molecule has 2 rings (SSSR count). The molecule has 1 fully saturated rings. The fraction of sp³-hybridized carbons (Fsp3) is 0.467. The number of hydrogen-bond acceptors (Lipinski definition) is 4.